The van der Waals surface area contributed by atoms with E-state index in [0.717, 1.165) is 12.1 Å². The van der Waals surface area contributed by atoms with Gasteiger partial charge >= 0.3 is 6.18 Å². The van der Waals surface area contributed by atoms with Crippen molar-refractivity contribution in [3.05, 3.63) is 88.5 Å². The maximum atomic E-state index is 15.3. The summed E-state index contributed by atoms with van der Waals surface area (Å²) in [7, 11) is 0. The Balaban J connectivity index is 1.30. The molecule has 2 aliphatic rings. The molecule has 1 aromatic heterocycles. The summed E-state index contributed by atoms with van der Waals surface area (Å²) in [5.74, 6) is -1.21. The maximum absolute atomic E-state index is 15.3. The van der Waals surface area contributed by atoms with Crippen molar-refractivity contribution in [3.8, 4) is 0 Å². The SMILES string of the molecule is O=C(Cn1cccn1)N1CC(F)(c2ccc(C3=NOC(c4cc(F)cc(Cl)c4)(C(F)(F)F)C3)cc2)C1. The molecule has 1 unspecified atom stereocenters. The van der Waals surface area contributed by atoms with Gasteiger partial charge in [-0.3, -0.25) is 9.48 Å². The summed E-state index contributed by atoms with van der Waals surface area (Å²) in [5.41, 5.74) is -4.64. The van der Waals surface area contributed by atoms with Crippen LogP contribution in [-0.4, -0.2) is 45.6 Å². The number of rotatable bonds is 5. The number of aromatic nitrogens is 2. The summed E-state index contributed by atoms with van der Waals surface area (Å²) in [5, 5.41) is 7.38. The number of alkyl halides is 4. The normalized spacial score (nSPS) is 21.1. The molecule has 3 heterocycles. The molecule has 1 amide bonds. The number of halogens is 6. The molecule has 0 aliphatic carbocycles. The lowest BCUT2D eigenvalue weighted by atomic mass is 9.84. The summed E-state index contributed by atoms with van der Waals surface area (Å²) in [6, 6.07) is 10.0. The van der Waals surface area contributed by atoms with Gasteiger partial charge in [0.2, 0.25) is 5.91 Å². The fraction of sp³-hybridized carbons (Fsp3) is 0.292. The van der Waals surface area contributed by atoms with Crippen molar-refractivity contribution in [2.45, 2.75) is 30.4 Å². The third-order valence-electron chi connectivity index (χ3n) is 6.34. The van der Waals surface area contributed by atoms with E-state index in [2.05, 4.69) is 10.3 Å². The molecule has 12 heteroatoms. The van der Waals surface area contributed by atoms with Crippen LogP contribution in [0, 0.1) is 5.82 Å². The van der Waals surface area contributed by atoms with E-state index >= 15 is 4.39 Å². The van der Waals surface area contributed by atoms with Crippen LogP contribution in [0.3, 0.4) is 0 Å². The molecular weight excluding hydrogens is 507 g/mol. The lowest BCUT2D eigenvalue weighted by Gasteiger charge is -2.44. The second-order valence-corrected chi connectivity index (χ2v) is 9.22. The minimum absolute atomic E-state index is 0.000671. The standard InChI is InChI=1S/C24H18ClF5N4O2/c25-18-8-17(9-19(26)10-18)23(24(28,29)30)11-20(32-36-23)15-2-4-16(5-3-15)22(27)13-33(14-22)21(35)12-34-7-1-6-31-34/h1-10H,11-14H2. The summed E-state index contributed by atoms with van der Waals surface area (Å²) >= 11 is 5.77. The molecule has 0 bridgehead atoms. The summed E-state index contributed by atoms with van der Waals surface area (Å²) in [6.07, 6.45) is -2.47. The molecule has 6 nitrogen and oxygen atoms in total. The van der Waals surface area contributed by atoms with Gasteiger partial charge in [-0.2, -0.15) is 18.3 Å². The monoisotopic (exact) mass is 524 g/mol. The zero-order chi connectivity index (χ0) is 25.7. The minimum atomic E-state index is -4.92. The number of carbonyl (C=O) groups is 1. The number of likely N-dealkylation sites (tertiary alicyclic amines) is 1. The van der Waals surface area contributed by atoms with Gasteiger partial charge in [0.05, 0.1) is 18.8 Å². The van der Waals surface area contributed by atoms with Crippen LogP contribution in [0.25, 0.3) is 0 Å². The average Bonchev–Trinajstić information content (AvgIpc) is 3.47. The van der Waals surface area contributed by atoms with Crippen molar-refractivity contribution in [2.75, 3.05) is 13.1 Å². The lowest BCUT2D eigenvalue weighted by Crippen LogP contribution is -2.59. The van der Waals surface area contributed by atoms with E-state index in [1.54, 1.807) is 12.3 Å². The van der Waals surface area contributed by atoms with Crippen LogP contribution >= 0.6 is 11.6 Å². The fourth-order valence-electron chi connectivity index (χ4n) is 4.36. The number of benzene rings is 2. The van der Waals surface area contributed by atoms with Crippen molar-refractivity contribution >= 4 is 23.2 Å². The second kappa shape index (κ2) is 8.58. The Kier molecular flexibility index (Phi) is 5.77. The molecule has 188 valence electrons. The third kappa shape index (κ3) is 4.21. The van der Waals surface area contributed by atoms with Gasteiger partial charge in [0.15, 0.2) is 5.67 Å². The molecular formula is C24H18ClF5N4O2. The van der Waals surface area contributed by atoms with Crippen LogP contribution in [0.1, 0.15) is 23.1 Å². The van der Waals surface area contributed by atoms with E-state index in [1.165, 1.54) is 40.0 Å². The Bertz CT molecular complexity index is 1300. The van der Waals surface area contributed by atoms with Crippen LogP contribution in [0.15, 0.2) is 66.1 Å². The predicted octanol–water partition coefficient (Wildman–Crippen LogP) is 4.97. The quantitative estimate of drug-likeness (QED) is 0.443. The topological polar surface area (TPSA) is 59.7 Å². The molecule has 2 aromatic carbocycles. The molecule has 3 aromatic rings. The zero-order valence-corrected chi connectivity index (χ0v) is 19.2. The molecule has 0 spiro atoms. The number of hydrogen-bond acceptors (Lipinski definition) is 4. The van der Waals surface area contributed by atoms with Crippen molar-refractivity contribution in [3.63, 3.8) is 0 Å². The van der Waals surface area contributed by atoms with E-state index in [1.807, 2.05) is 0 Å². The number of carbonyl (C=O) groups excluding carboxylic acids is 1. The number of oxime groups is 1. The van der Waals surface area contributed by atoms with Gasteiger partial charge in [-0.05, 0) is 35.4 Å². The van der Waals surface area contributed by atoms with Crippen LogP contribution < -0.4 is 0 Å². The molecule has 0 radical (unpaired) electrons. The van der Waals surface area contributed by atoms with Crippen LogP contribution in [0.5, 0.6) is 0 Å². The molecule has 5 rings (SSSR count). The molecule has 1 atom stereocenters. The van der Waals surface area contributed by atoms with Crippen molar-refractivity contribution in [2.24, 2.45) is 5.16 Å². The van der Waals surface area contributed by atoms with Gasteiger partial charge in [0, 0.05) is 29.4 Å². The van der Waals surface area contributed by atoms with Crippen molar-refractivity contribution in [1.29, 1.82) is 0 Å². The largest absolute Gasteiger partial charge is 0.435 e. The summed E-state index contributed by atoms with van der Waals surface area (Å²) in [6.45, 7) is -0.290. The first kappa shape index (κ1) is 24.2. The first-order valence-corrected chi connectivity index (χ1v) is 11.2. The number of amides is 1. The molecule has 1 saturated heterocycles. The van der Waals surface area contributed by atoms with Gasteiger partial charge in [0.25, 0.3) is 5.60 Å². The minimum Gasteiger partial charge on any atom is -0.374 e. The summed E-state index contributed by atoms with van der Waals surface area (Å²) < 4.78 is 72.9. The molecule has 2 aliphatic heterocycles. The average molecular weight is 525 g/mol. The first-order chi connectivity index (χ1) is 17.0. The molecule has 0 saturated carbocycles. The summed E-state index contributed by atoms with van der Waals surface area (Å²) in [4.78, 5) is 18.5. The molecule has 1 fully saturated rings. The van der Waals surface area contributed by atoms with Gasteiger partial charge in [-0.1, -0.05) is 41.0 Å². The molecule has 36 heavy (non-hydrogen) atoms. The van der Waals surface area contributed by atoms with E-state index in [4.69, 9.17) is 16.4 Å². The van der Waals surface area contributed by atoms with Gasteiger partial charge in [0.1, 0.15) is 12.4 Å². The lowest BCUT2D eigenvalue weighted by molar-refractivity contribution is -0.275. The van der Waals surface area contributed by atoms with Crippen LogP contribution in [0.2, 0.25) is 5.02 Å². The second-order valence-electron chi connectivity index (χ2n) is 8.79. The fourth-order valence-corrected chi connectivity index (χ4v) is 4.58. The maximum Gasteiger partial charge on any atom is 0.435 e. The van der Waals surface area contributed by atoms with E-state index in [-0.39, 0.29) is 41.8 Å². The third-order valence-corrected chi connectivity index (χ3v) is 6.56. The van der Waals surface area contributed by atoms with Gasteiger partial charge in [-0.25, -0.2) is 8.78 Å². The highest BCUT2D eigenvalue weighted by Gasteiger charge is 2.62. The predicted molar refractivity (Wildman–Crippen MR) is 119 cm³/mol. The first-order valence-electron chi connectivity index (χ1n) is 10.8. The Morgan fingerprint density at radius 1 is 1.11 bits per heavy atom. The Labute approximate surface area is 206 Å². The van der Waals surface area contributed by atoms with E-state index < -0.39 is 35.2 Å². The highest BCUT2D eigenvalue weighted by molar-refractivity contribution is 6.30. The van der Waals surface area contributed by atoms with Gasteiger partial charge in [-0.15, -0.1) is 0 Å². The van der Waals surface area contributed by atoms with Crippen molar-refractivity contribution < 1.29 is 31.6 Å². The van der Waals surface area contributed by atoms with E-state index in [0.29, 0.717) is 11.6 Å². The smallest absolute Gasteiger partial charge is 0.374 e. The Morgan fingerprint density at radius 2 is 1.83 bits per heavy atom. The Hall–Kier alpha value is -3.47. The highest BCUT2D eigenvalue weighted by atomic mass is 35.5. The zero-order valence-electron chi connectivity index (χ0n) is 18.5. The number of nitrogens with zero attached hydrogens (tertiary/aromatic N) is 4. The van der Waals surface area contributed by atoms with Crippen LogP contribution in [-0.2, 0) is 27.4 Å². The number of hydrogen-bond donors (Lipinski definition) is 0. The van der Waals surface area contributed by atoms with E-state index in [9.17, 15) is 22.4 Å². The van der Waals surface area contributed by atoms with Crippen molar-refractivity contribution in [1.82, 2.24) is 14.7 Å². The molecule has 0 N–H and O–H groups in total. The van der Waals surface area contributed by atoms with Gasteiger partial charge < -0.3 is 9.74 Å². The highest BCUT2D eigenvalue weighted by Crippen LogP contribution is 2.49. The Morgan fingerprint density at radius 3 is 2.44 bits per heavy atom. The van der Waals surface area contributed by atoms with Crippen LogP contribution in [0.4, 0.5) is 22.0 Å².